The highest BCUT2D eigenvalue weighted by molar-refractivity contribution is 5.69. The van der Waals surface area contributed by atoms with Crippen molar-refractivity contribution in [3.63, 3.8) is 0 Å². The van der Waals surface area contributed by atoms with Crippen LogP contribution in [0.15, 0.2) is 65.2 Å². The molecule has 0 unspecified atom stereocenters. The normalized spacial score (nSPS) is 12.2. The van der Waals surface area contributed by atoms with E-state index in [1.54, 1.807) is 0 Å². The fourth-order valence-electron chi connectivity index (χ4n) is 2.02. The lowest BCUT2D eigenvalue weighted by atomic mass is 10.1. The number of hydrogen-bond donors (Lipinski definition) is 0. The first-order valence-corrected chi connectivity index (χ1v) is 6.92. The molecular weight excluding hydrogens is 244 g/mol. The Morgan fingerprint density at radius 1 is 1.35 bits per heavy atom. The van der Waals surface area contributed by atoms with Crippen molar-refractivity contribution in [1.82, 2.24) is 0 Å². The van der Waals surface area contributed by atoms with E-state index in [0.717, 1.165) is 24.5 Å². The van der Waals surface area contributed by atoms with Crippen LogP contribution in [-0.2, 0) is 0 Å². The second kappa shape index (κ2) is 8.16. The van der Waals surface area contributed by atoms with Crippen molar-refractivity contribution >= 4 is 18.1 Å². The zero-order valence-electron chi connectivity index (χ0n) is 12.8. The number of allylic oxidation sites excluding steroid dienone is 3. The summed E-state index contributed by atoms with van der Waals surface area (Å²) in [6, 6.07) is 8.10. The molecule has 0 aliphatic heterocycles. The summed E-state index contributed by atoms with van der Waals surface area (Å²) < 4.78 is 0. The Labute approximate surface area is 122 Å². The van der Waals surface area contributed by atoms with Gasteiger partial charge in [-0.05, 0) is 45.2 Å². The third-order valence-corrected chi connectivity index (χ3v) is 3.25. The van der Waals surface area contributed by atoms with Crippen LogP contribution in [0.5, 0.6) is 0 Å². The van der Waals surface area contributed by atoms with Gasteiger partial charge in [0, 0.05) is 13.1 Å². The summed E-state index contributed by atoms with van der Waals surface area (Å²) in [5.74, 6) is 0. The largest absolute Gasteiger partial charge is 0.366 e. The number of aliphatic imine (C=N–C) groups is 1. The van der Waals surface area contributed by atoms with E-state index in [2.05, 4.69) is 62.2 Å². The van der Waals surface area contributed by atoms with Crippen molar-refractivity contribution in [3.8, 4) is 0 Å². The Bertz CT molecular complexity index is 524. The standard InChI is InChI=1S/C18H24N2/c1-6-15(4)13-16(7-2)14-20(8-3)18-12-10-9-11-17(18)19-5/h6-7,9-13H,1,5,8,14H2,2-4H3/b15-13-,16-7+. The molecule has 0 heterocycles. The molecule has 1 rings (SSSR count). The zero-order valence-corrected chi connectivity index (χ0v) is 12.8. The van der Waals surface area contributed by atoms with Crippen molar-refractivity contribution in [3.05, 3.63) is 60.2 Å². The fourth-order valence-corrected chi connectivity index (χ4v) is 2.02. The van der Waals surface area contributed by atoms with Crippen molar-refractivity contribution < 1.29 is 0 Å². The molecule has 0 saturated carbocycles. The van der Waals surface area contributed by atoms with Crippen molar-refractivity contribution in [2.24, 2.45) is 4.99 Å². The lowest BCUT2D eigenvalue weighted by molar-refractivity contribution is 0.888. The number of nitrogens with zero attached hydrogens (tertiary/aromatic N) is 2. The van der Waals surface area contributed by atoms with Gasteiger partial charge in [-0.25, -0.2) is 0 Å². The van der Waals surface area contributed by atoms with Crippen LogP contribution in [0.1, 0.15) is 20.8 Å². The summed E-state index contributed by atoms with van der Waals surface area (Å²) in [7, 11) is 0. The highest BCUT2D eigenvalue weighted by Gasteiger charge is 2.09. The molecule has 1 aromatic rings. The van der Waals surface area contributed by atoms with Gasteiger partial charge < -0.3 is 4.90 Å². The zero-order chi connectivity index (χ0) is 15.0. The van der Waals surface area contributed by atoms with Crippen LogP contribution < -0.4 is 4.90 Å². The second-order valence-corrected chi connectivity index (χ2v) is 4.62. The molecule has 0 radical (unpaired) electrons. The van der Waals surface area contributed by atoms with Crippen LogP contribution >= 0.6 is 0 Å². The Morgan fingerprint density at radius 3 is 2.60 bits per heavy atom. The topological polar surface area (TPSA) is 15.6 Å². The maximum Gasteiger partial charge on any atom is 0.0855 e. The molecule has 0 amide bonds. The van der Waals surface area contributed by atoms with Gasteiger partial charge in [0.2, 0.25) is 0 Å². The average Bonchev–Trinajstić information content (AvgIpc) is 2.51. The first-order chi connectivity index (χ1) is 9.65. The van der Waals surface area contributed by atoms with Crippen molar-refractivity contribution in [1.29, 1.82) is 0 Å². The average molecular weight is 268 g/mol. The first-order valence-electron chi connectivity index (χ1n) is 6.92. The Kier molecular flexibility index (Phi) is 6.51. The molecule has 0 aliphatic carbocycles. The quantitative estimate of drug-likeness (QED) is 0.506. The number of para-hydroxylation sites is 2. The van der Waals surface area contributed by atoms with E-state index in [1.165, 1.54) is 11.1 Å². The van der Waals surface area contributed by atoms with Crippen LogP contribution in [0, 0.1) is 0 Å². The lowest BCUT2D eigenvalue weighted by Crippen LogP contribution is -2.25. The summed E-state index contributed by atoms with van der Waals surface area (Å²) in [6.45, 7) is 15.5. The highest BCUT2D eigenvalue weighted by atomic mass is 15.1. The molecule has 20 heavy (non-hydrogen) atoms. The predicted molar refractivity (Wildman–Crippen MR) is 91.2 cm³/mol. The molecule has 1 aromatic carbocycles. The number of anilines is 1. The first kappa shape index (κ1) is 16.0. The smallest absolute Gasteiger partial charge is 0.0855 e. The molecule has 0 aliphatic rings. The van der Waals surface area contributed by atoms with Gasteiger partial charge in [-0.15, -0.1) is 0 Å². The van der Waals surface area contributed by atoms with Gasteiger partial charge in [0.05, 0.1) is 11.4 Å². The molecule has 0 bridgehead atoms. The van der Waals surface area contributed by atoms with E-state index < -0.39 is 0 Å². The highest BCUT2D eigenvalue weighted by Crippen LogP contribution is 2.28. The van der Waals surface area contributed by atoms with Gasteiger partial charge in [-0.3, -0.25) is 4.99 Å². The summed E-state index contributed by atoms with van der Waals surface area (Å²) in [6.07, 6.45) is 6.18. The van der Waals surface area contributed by atoms with Crippen LogP contribution in [0.25, 0.3) is 0 Å². The van der Waals surface area contributed by atoms with Gasteiger partial charge >= 0.3 is 0 Å². The number of rotatable bonds is 7. The minimum absolute atomic E-state index is 0.852. The Hall–Kier alpha value is -2.09. The second-order valence-electron chi connectivity index (χ2n) is 4.62. The maximum absolute atomic E-state index is 4.11. The molecule has 2 heteroatoms. The predicted octanol–water partition coefficient (Wildman–Crippen LogP) is 4.92. The minimum Gasteiger partial charge on any atom is -0.366 e. The van der Waals surface area contributed by atoms with Gasteiger partial charge in [0.25, 0.3) is 0 Å². The van der Waals surface area contributed by atoms with Crippen LogP contribution in [0.4, 0.5) is 11.4 Å². The van der Waals surface area contributed by atoms with Crippen LogP contribution in [-0.4, -0.2) is 19.8 Å². The molecule has 106 valence electrons. The summed E-state index contributed by atoms with van der Waals surface area (Å²) >= 11 is 0. The molecule has 0 spiro atoms. The van der Waals surface area contributed by atoms with Crippen molar-refractivity contribution in [2.45, 2.75) is 20.8 Å². The van der Waals surface area contributed by atoms with E-state index in [9.17, 15) is 0 Å². The summed E-state index contributed by atoms with van der Waals surface area (Å²) in [5.41, 5.74) is 4.48. The van der Waals surface area contributed by atoms with Gasteiger partial charge in [0.1, 0.15) is 0 Å². The SMILES string of the molecule is C=C/C(C)=C\C(=C/C)CN(CC)c1ccccc1N=C. The molecule has 0 saturated heterocycles. The number of benzene rings is 1. The third-order valence-electron chi connectivity index (χ3n) is 3.25. The van der Waals surface area contributed by atoms with E-state index in [1.807, 2.05) is 24.3 Å². The van der Waals surface area contributed by atoms with Crippen LogP contribution in [0.3, 0.4) is 0 Å². The van der Waals surface area contributed by atoms with Crippen LogP contribution in [0.2, 0.25) is 0 Å². The van der Waals surface area contributed by atoms with E-state index >= 15 is 0 Å². The Balaban J connectivity index is 3.02. The third kappa shape index (κ3) is 4.23. The van der Waals surface area contributed by atoms with E-state index in [-0.39, 0.29) is 0 Å². The van der Waals surface area contributed by atoms with Gasteiger partial charge in [-0.1, -0.05) is 42.5 Å². The van der Waals surface area contributed by atoms with Gasteiger partial charge in [-0.2, -0.15) is 0 Å². The maximum atomic E-state index is 4.11. The molecule has 0 aromatic heterocycles. The number of likely N-dealkylation sites (N-methyl/N-ethyl adjacent to an activating group) is 1. The molecule has 0 fully saturated rings. The minimum atomic E-state index is 0.852. The number of hydrogen-bond acceptors (Lipinski definition) is 2. The lowest BCUT2D eigenvalue weighted by Gasteiger charge is -2.25. The van der Waals surface area contributed by atoms with E-state index in [0.29, 0.717) is 0 Å². The molecule has 0 N–H and O–H groups in total. The fraction of sp³-hybridized carbons (Fsp3) is 0.278. The monoisotopic (exact) mass is 268 g/mol. The van der Waals surface area contributed by atoms with Gasteiger partial charge in [0.15, 0.2) is 0 Å². The molecule has 2 nitrogen and oxygen atoms in total. The summed E-state index contributed by atoms with van der Waals surface area (Å²) in [5, 5.41) is 0. The molecule has 0 atom stereocenters. The van der Waals surface area contributed by atoms with E-state index in [4.69, 9.17) is 0 Å². The van der Waals surface area contributed by atoms with Crippen molar-refractivity contribution in [2.75, 3.05) is 18.0 Å². The molecular formula is C18H24N2. The Morgan fingerprint density at radius 2 is 2.05 bits per heavy atom. The summed E-state index contributed by atoms with van der Waals surface area (Å²) in [4.78, 5) is 6.40.